The zero-order chi connectivity index (χ0) is 29.6. The van der Waals surface area contributed by atoms with Crippen LogP contribution < -0.4 is 5.32 Å². The molecule has 0 unspecified atom stereocenters. The molecule has 0 amide bonds. The SMILES string of the molecule is CN(C[C@H](O)CNC(C)(C)Cc1ccc2ccccc2c1)S(=O)(=O)c1cccc(-c2cccc(C=CC(=O)O)c2)c1. The van der Waals surface area contributed by atoms with E-state index in [9.17, 15) is 18.3 Å². The summed E-state index contributed by atoms with van der Waals surface area (Å²) in [5.74, 6) is -1.04. The minimum absolute atomic E-state index is 0.0684. The van der Waals surface area contributed by atoms with Crippen LogP contribution in [0.4, 0.5) is 0 Å². The van der Waals surface area contributed by atoms with Crippen molar-refractivity contribution in [3.63, 3.8) is 0 Å². The minimum atomic E-state index is -3.87. The minimum Gasteiger partial charge on any atom is -0.478 e. The monoisotopic (exact) mass is 572 g/mol. The van der Waals surface area contributed by atoms with E-state index in [0.29, 0.717) is 11.1 Å². The van der Waals surface area contributed by atoms with E-state index in [1.165, 1.54) is 39.8 Å². The Hall–Kier alpha value is -3.82. The molecule has 3 N–H and O–H groups in total. The number of β-amino-alcohol motifs (C(OH)–C–C–N with tert-alkyl or cyclic N) is 1. The number of carbonyl (C=O) groups is 1. The maximum atomic E-state index is 13.4. The number of carboxylic acid groups (broad SMARTS) is 1. The number of likely N-dealkylation sites (N-methyl/N-ethyl adjacent to an activating group) is 1. The number of nitrogens with one attached hydrogen (secondary N) is 1. The summed E-state index contributed by atoms with van der Waals surface area (Å²) in [6.45, 7) is 4.29. The molecule has 4 aromatic carbocycles. The van der Waals surface area contributed by atoms with Crippen molar-refractivity contribution in [2.45, 2.75) is 36.8 Å². The van der Waals surface area contributed by atoms with Crippen LogP contribution in [0.2, 0.25) is 0 Å². The summed E-state index contributed by atoms with van der Waals surface area (Å²) in [6.07, 6.45) is 2.38. The number of hydrogen-bond acceptors (Lipinski definition) is 5. The molecule has 0 aromatic heterocycles. The van der Waals surface area contributed by atoms with Gasteiger partial charge in [-0.1, -0.05) is 72.8 Å². The van der Waals surface area contributed by atoms with Gasteiger partial charge in [-0.25, -0.2) is 13.2 Å². The van der Waals surface area contributed by atoms with Crippen LogP contribution in [-0.4, -0.2) is 60.7 Å². The molecule has 0 bridgehead atoms. The zero-order valence-electron chi connectivity index (χ0n) is 23.5. The number of aliphatic carboxylic acids is 1. The van der Waals surface area contributed by atoms with Gasteiger partial charge in [-0.05, 0) is 77.6 Å². The van der Waals surface area contributed by atoms with Crippen molar-refractivity contribution in [2.24, 2.45) is 0 Å². The lowest BCUT2D eigenvalue weighted by Gasteiger charge is -2.29. The largest absolute Gasteiger partial charge is 0.478 e. The number of sulfonamides is 1. The number of rotatable bonds is 12. The first-order valence-electron chi connectivity index (χ1n) is 13.4. The van der Waals surface area contributed by atoms with Crippen molar-refractivity contribution < 1.29 is 23.4 Å². The van der Waals surface area contributed by atoms with E-state index in [4.69, 9.17) is 5.11 Å². The maximum Gasteiger partial charge on any atom is 0.328 e. The van der Waals surface area contributed by atoms with E-state index in [1.807, 2.05) is 18.2 Å². The zero-order valence-corrected chi connectivity index (χ0v) is 24.3. The molecule has 41 heavy (non-hydrogen) atoms. The van der Waals surface area contributed by atoms with Gasteiger partial charge < -0.3 is 15.5 Å². The van der Waals surface area contributed by atoms with Gasteiger partial charge >= 0.3 is 5.97 Å². The number of nitrogens with zero attached hydrogens (tertiary/aromatic N) is 1. The second-order valence-corrected chi connectivity index (χ2v) is 12.9. The van der Waals surface area contributed by atoms with Gasteiger partial charge in [0.15, 0.2) is 0 Å². The predicted octanol–water partition coefficient (Wildman–Crippen LogP) is 5.20. The third-order valence-electron chi connectivity index (χ3n) is 6.92. The first-order chi connectivity index (χ1) is 19.4. The van der Waals surface area contributed by atoms with Gasteiger partial charge in [0.2, 0.25) is 10.0 Å². The van der Waals surface area contributed by atoms with Crippen molar-refractivity contribution in [3.8, 4) is 11.1 Å². The van der Waals surface area contributed by atoms with Crippen molar-refractivity contribution in [2.75, 3.05) is 20.1 Å². The normalized spacial score (nSPS) is 13.2. The van der Waals surface area contributed by atoms with Gasteiger partial charge in [-0.3, -0.25) is 0 Å². The number of benzene rings is 4. The highest BCUT2D eigenvalue weighted by molar-refractivity contribution is 7.89. The summed E-state index contributed by atoms with van der Waals surface area (Å²) in [4.78, 5) is 11.0. The van der Waals surface area contributed by atoms with E-state index in [2.05, 4.69) is 49.5 Å². The number of aliphatic hydroxyl groups excluding tert-OH is 1. The van der Waals surface area contributed by atoms with Gasteiger partial charge in [0.05, 0.1) is 11.0 Å². The molecule has 0 aliphatic carbocycles. The Morgan fingerprint density at radius 3 is 2.34 bits per heavy atom. The lowest BCUT2D eigenvalue weighted by Crippen LogP contribution is -2.47. The highest BCUT2D eigenvalue weighted by Crippen LogP contribution is 2.25. The van der Waals surface area contributed by atoms with Gasteiger partial charge in [0, 0.05) is 31.8 Å². The van der Waals surface area contributed by atoms with Gasteiger partial charge in [-0.15, -0.1) is 0 Å². The molecule has 214 valence electrons. The van der Waals surface area contributed by atoms with Crippen molar-refractivity contribution in [3.05, 3.63) is 108 Å². The Kier molecular flexibility index (Phi) is 9.40. The van der Waals surface area contributed by atoms with Gasteiger partial charge in [-0.2, -0.15) is 4.31 Å². The Labute approximate surface area is 241 Å². The number of hydrogen-bond donors (Lipinski definition) is 3. The van der Waals surface area contributed by atoms with Crippen LogP contribution in [0.1, 0.15) is 25.0 Å². The predicted molar refractivity (Wildman–Crippen MR) is 164 cm³/mol. The van der Waals surface area contributed by atoms with Crippen LogP contribution in [0.5, 0.6) is 0 Å². The van der Waals surface area contributed by atoms with Crippen LogP contribution in [0.3, 0.4) is 0 Å². The summed E-state index contributed by atoms with van der Waals surface area (Å²) < 4.78 is 27.9. The molecule has 4 rings (SSSR count). The van der Waals surface area contributed by atoms with E-state index < -0.39 is 22.1 Å². The Bertz CT molecular complexity index is 1660. The lowest BCUT2D eigenvalue weighted by atomic mass is 9.93. The Morgan fingerprint density at radius 2 is 1.61 bits per heavy atom. The van der Waals surface area contributed by atoms with E-state index in [-0.39, 0.29) is 23.5 Å². The second kappa shape index (κ2) is 12.8. The van der Waals surface area contributed by atoms with Crippen LogP contribution >= 0.6 is 0 Å². The van der Waals surface area contributed by atoms with Gasteiger partial charge in [0.1, 0.15) is 0 Å². The highest BCUT2D eigenvalue weighted by Gasteiger charge is 2.25. The summed E-state index contributed by atoms with van der Waals surface area (Å²) in [5.41, 5.74) is 3.00. The average Bonchev–Trinajstić information content (AvgIpc) is 2.95. The topological polar surface area (TPSA) is 107 Å². The quantitative estimate of drug-likeness (QED) is 0.202. The molecule has 8 heteroatoms. The number of fused-ring (bicyclic) bond motifs is 1. The molecule has 4 aromatic rings. The molecule has 0 spiro atoms. The molecule has 0 heterocycles. The first-order valence-corrected chi connectivity index (χ1v) is 14.9. The Balaban J connectivity index is 1.38. The summed E-state index contributed by atoms with van der Waals surface area (Å²) in [5, 5.41) is 25.4. The standard InChI is InChI=1S/C33H36N2O5S/c1-33(2,21-25-14-16-26-9-4-5-10-27(26)19-25)34-22-30(36)23-35(3)41(39,40)31-13-7-12-29(20-31)28-11-6-8-24(18-28)15-17-32(37)38/h4-20,30,34,36H,21-23H2,1-3H3,(H,37,38)/t30-/m1/s1. The summed E-state index contributed by atoms with van der Waals surface area (Å²) in [7, 11) is -2.40. The highest BCUT2D eigenvalue weighted by atomic mass is 32.2. The smallest absolute Gasteiger partial charge is 0.328 e. The molecule has 0 aliphatic rings. The van der Waals surface area contributed by atoms with Crippen LogP contribution in [-0.2, 0) is 21.2 Å². The fraction of sp³-hybridized carbons (Fsp3) is 0.242. The molecule has 0 saturated heterocycles. The van der Waals surface area contributed by atoms with Crippen LogP contribution in [0.15, 0.2) is 102 Å². The number of aliphatic hydroxyl groups is 1. The fourth-order valence-corrected chi connectivity index (χ4v) is 6.04. The second-order valence-electron chi connectivity index (χ2n) is 10.9. The molecule has 0 radical (unpaired) electrons. The molecule has 0 aliphatic heterocycles. The van der Waals surface area contributed by atoms with E-state index in [1.54, 1.807) is 36.4 Å². The number of carboxylic acids is 1. The van der Waals surface area contributed by atoms with E-state index in [0.717, 1.165) is 18.1 Å². The maximum absolute atomic E-state index is 13.4. The molecule has 0 saturated carbocycles. The molecule has 7 nitrogen and oxygen atoms in total. The molecule has 0 fully saturated rings. The van der Waals surface area contributed by atoms with Crippen molar-refractivity contribution in [1.82, 2.24) is 9.62 Å². The average molecular weight is 573 g/mol. The van der Waals surface area contributed by atoms with Crippen LogP contribution in [0.25, 0.3) is 28.0 Å². The third-order valence-corrected chi connectivity index (χ3v) is 8.74. The summed E-state index contributed by atoms with van der Waals surface area (Å²) >= 11 is 0. The fourth-order valence-electron chi connectivity index (χ4n) is 4.78. The summed E-state index contributed by atoms with van der Waals surface area (Å²) in [6, 6.07) is 28.4. The van der Waals surface area contributed by atoms with E-state index >= 15 is 0 Å². The molecular formula is C33H36N2O5S. The van der Waals surface area contributed by atoms with Crippen molar-refractivity contribution in [1.29, 1.82) is 0 Å². The Morgan fingerprint density at radius 1 is 0.927 bits per heavy atom. The van der Waals surface area contributed by atoms with Gasteiger partial charge in [0.25, 0.3) is 0 Å². The van der Waals surface area contributed by atoms with Crippen molar-refractivity contribution >= 4 is 32.8 Å². The first kappa shape index (κ1) is 30.1. The lowest BCUT2D eigenvalue weighted by molar-refractivity contribution is -0.131. The van der Waals surface area contributed by atoms with Crippen LogP contribution in [0, 0.1) is 0 Å². The molecule has 1 atom stereocenters. The third kappa shape index (κ3) is 8.11. The molecular weight excluding hydrogens is 536 g/mol.